The minimum atomic E-state index is -4.50. The predicted octanol–water partition coefficient (Wildman–Crippen LogP) is 6.09. The Morgan fingerprint density at radius 1 is 0.460 bits per heavy atom. The van der Waals surface area contributed by atoms with Gasteiger partial charge in [0.2, 0.25) is 0 Å². The smallest absolute Gasteiger partial charge is 0.756 e. The summed E-state index contributed by atoms with van der Waals surface area (Å²) >= 11 is 0. The van der Waals surface area contributed by atoms with Gasteiger partial charge in [0.15, 0.2) is 0 Å². The summed E-state index contributed by atoms with van der Waals surface area (Å²) in [4.78, 5) is 35.7. The van der Waals surface area contributed by atoms with Crippen LogP contribution < -0.4 is 61.6 Å². The van der Waals surface area contributed by atoms with E-state index in [1.807, 2.05) is 0 Å². The van der Waals surface area contributed by atoms with Gasteiger partial charge in [-0.25, -0.2) is 4.57 Å². The Morgan fingerprint density at radius 3 is 0.920 bits per heavy atom. The standard InChI is InChI=1S/2C16H35O4P.C4H11NO2.K/c2*1-2-3-4-5-6-7-8-9-10-11-12-13-14-15-16-20-21(17,18)19;6-3-1-5-2-4-7;/h2*2-16H2,1H3,(H2,17,18,19);5-7H,1-4H2;/q;;;+1/p-1. The van der Waals surface area contributed by atoms with E-state index in [-0.39, 0.29) is 77.8 Å². The summed E-state index contributed by atoms with van der Waals surface area (Å²) in [5, 5.41) is 19.1. The number of hydrogen-bond acceptors (Lipinski definition) is 8. The molecule has 0 aromatic heterocycles. The van der Waals surface area contributed by atoms with Crippen molar-refractivity contribution in [3.05, 3.63) is 0 Å². The van der Waals surface area contributed by atoms with Crippen LogP contribution in [0.1, 0.15) is 194 Å². The molecule has 11 nitrogen and oxygen atoms in total. The zero-order valence-corrected chi connectivity index (χ0v) is 37.6. The molecule has 0 aliphatic carbocycles. The number of phosphoric ester groups is 2. The maximum Gasteiger partial charge on any atom is 1.00 e. The van der Waals surface area contributed by atoms with Crippen molar-refractivity contribution in [2.75, 3.05) is 39.5 Å². The van der Waals surface area contributed by atoms with Crippen molar-refractivity contribution in [3.63, 3.8) is 0 Å². The number of hydrogen-bond donors (Lipinski definition) is 6. The van der Waals surface area contributed by atoms with E-state index in [9.17, 15) is 14.0 Å². The van der Waals surface area contributed by atoms with Crippen LogP contribution in [0, 0.1) is 0 Å². The minimum Gasteiger partial charge on any atom is -0.756 e. The molecule has 0 radical (unpaired) electrons. The molecule has 0 aromatic carbocycles. The second-order valence-electron chi connectivity index (χ2n) is 13.0. The molecule has 300 valence electrons. The summed E-state index contributed by atoms with van der Waals surface area (Å²) in [7, 11) is -8.75. The summed E-state index contributed by atoms with van der Waals surface area (Å²) in [6.45, 7) is 6.20. The number of nitrogens with one attached hydrogen (secondary N) is 1. The van der Waals surface area contributed by atoms with Crippen molar-refractivity contribution in [2.45, 2.75) is 194 Å². The minimum absolute atomic E-state index is 0. The largest absolute Gasteiger partial charge is 1.00 e. The van der Waals surface area contributed by atoms with E-state index in [0.717, 1.165) is 32.1 Å². The second kappa shape index (κ2) is 48.8. The van der Waals surface area contributed by atoms with E-state index in [2.05, 4.69) is 28.2 Å². The van der Waals surface area contributed by atoms with Crippen LogP contribution in [0.3, 0.4) is 0 Å². The van der Waals surface area contributed by atoms with Gasteiger partial charge in [0.05, 0.1) is 26.4 Å². The molecule has 50 heavy (non-hydrogen) atoms. The number of aliphatic hydroxyl groups is 2. The van der Waals surface area contributed by atoms with Crippen LogP contribution in [0.5, 0.6) is 0 Å². The summed E-state index contributed by atoms with van der Waals surface area (Å²) in [5.74, 6) is 0. The van der Waals surface area contributed by atoms with Crippen LogP contribution in [0.15, 0.2) is 0 Å². The van der Waals surface area contributed by atoms with E-state index in [1.165, 1.54) is 141 Å². The molecule has 0 fully saturated rings. The Morgan fingerprint density at radius 2 is 0.700 bits per heavy atom. The summed E-state index contributed by atoms with van der Waals surface area (Å²) in [6, 6.07) is 0. The molecule has 1 atom stereocenters. The molecule has 0 bridgehead atoms. The molecule has 0 aromatic rings. The number of rotatable bonds is 36. The van der Waals surface area contributed by atoms with Crippen molar-refractivity contribution in [1.29, 1.82) is 0 Å². The first-order valence-corrected chi connectivity index (χ1v) is 22.9. The van der Waals surface area contributed by atoms with Gasteiger partial charge < -0.3 is 39.6 Å². The van der Waals surface area contributed by atoms with Crippen molar-refractivity contribution < 1.29 is 99.3 Å². The van der Waals surface area contributed by atoms with E-state index >= 15 is 0 Å². The van der Waals surface area contributed by atoms with E-state index in [0.29, 0.717) is 19.5 Å². The maximum atomic E-state index is 10.4. The molecule has 6 N–H and O–H groups in total. The van der Waals surface area contributed by atoms with Gasteiger partial charge in [0, 0.05) is 13.1 Å². The van der Waals surface area contributed by atoms with Crippen molar-refractivity contribution in [1.82, 2.24) is 5.32 Å². The first kappa shape index (κ1) is 58.4. The fourth-order valence-corrected chi connectivity index (χ4v) is 5.97. The average molecular weight is 788 g/mol. The third-order valence-corrected chi connectivity index (χ3v) is 9.11. The Bertz CT molecular complexity index is 646. The fraction of sp³-hybridized carbons (Fsp3) is 1.00. The number of aliphatic hydroxyl groups excluding tert-OH is 2. The molecule has 0 aliphatic heterocycles. The molecule has 0 rings (SSSR count). The molecule has 0 heterocycles. The predicted molar refractivity (Wildman–Crippen MR) is 201 cm³/mol. The van der Waals surface area contributed by atoms with E-state index in [4.69, 9.17) is 24.9 Å². The first-order chi connectivity index (χ1) is 23.5. The van der Waals surface area contributed by atoms with Gasteiger partial charge in [-0.3, -0.25) is 9.09 Å². The molecule has 0 aliphatic rings. The van der Waals surface area contributed by atoms with Crippen molar-refractivity contribution >= 4 is 15.6 Å². The first-order valence-electron chi connectivity index (χ1n) is 19.8. The molecule has 0 spiro atoms. The molecule has 0 amide bonds. The normalized spacial score (nSPS) is 12.3. The topological polar surface area (TPSA) is 189 Å². The van der Waals surface area contributed by atoms with Gasteiger partial charge in [0.1, 0.15) is 0 Å². The summed E-state index contributed by atoms with van der Waals surface area (Å²) in [5.41, 5.74) is 0. The van der Waals surface area contributed by atoms with Crippen LogP contribution in [-0.4, -0.2) is 64.4 Å². The van der Waals surface area contributed by atoms with Crippen LogP contribution in [0.25, 0.3) is 0 Å². The van der Waals surface area contributed by atoms with Gasteiger partial charge in [-0.15, -0.1) is 0 Å². The van der Waals surface area contributed by atoms with Gasteiger partial charge in [0.25, 0.3) is 7.82 Å². The quantitative estimate of drug-likeness (QED) is 0.0245. The third kappa shape index (κ3) is 67.8. The van der Waals surface area contributed by atoms with Crippen LogP contribution >= 0.6 is 15.6 Å². The zero-order chi connectivity index (χ0) is 37.2. The van der Waals surface area contributed by atoms with Crippen LogP contribution in [-0.2, 0) is 18.2 Å². The Kier molecular flexibility index (Phi) is 57.0. The molecule has 0 saturated carbocycles. The average Bonchev–Trinajstić information content (AvgIpc) is 3.04. The van der Waals surface area contributed by atoms with Crippen molar-refractivity contribution in [2.24, 2.45) is 0 Å². The summed E-state index contributed by atoms with van der Waals surface area (Å²) < 4.78 is 29.5. The van der Waals surface area contributed by atoms with Crippen LogP contribution in [0.4, 0.5) is 0 Å². The number of phosphoric acid groups is 2. The second-order valence-corrected chi connectivity index (χ2v) is 15.4. The molecular weight excluding hydrogens is 707 g/mol. The van der Waals surface area contributed by atoms with Gasteiger partial charge in [-0.2, -0.15) is 0 Å². The van der Waals surface area contributed by atoms with Crippen LogP contribution in [0.2, 0.25) is 0 Å². The van der Waals surface area contributed by atoms with Gasteiger partial charge in [-0.1, -0.05) is 181 Å². The summed E-state index contributed by atoms with van der Waals surface area (Å²) in [6.07, 6.45) is 35.4. The SMILES string of the molecule is CCCCCCCCCCCCCCCCOP(=O)(O)O.CCCCCCCCCCCCCCCCOP(=O)([O-])O.OCCNCCO.[K+]. The van der Waals surface area contributed by atoms with E-state index in [1.54, 1.807) is 0 Å². The van der Waals surface area contributed by atoms with Gasteiger partial charge >= 0.3 is 59.2 Å². The monoisotopic (exact) mass is 787 g/mol. The van der Waals surface area contributed by atoms with Gasteiger partial charge in [-0.05, 0) is 12.8 Å². The molecule has 14 heteroatoms. The Balaban J connectivity index is -0.000000349. The molecule has 0 saturated heterocycles. The molecular formula is C36H80KNO10P2. The number of unbranched alkanes of at least 4 members (excludes halogenated alkanes) is 26. The van der Waals surface area contributed by atoms with Crippen molar-refractivity contribution in [3.8, 4) is 0 Å². The third-order valence-electron chi connectivity index (χ3n) is 8.09. The zero-order valence-electron chi connectivity index (χ0n) is 32.7. The Hall–Kier alpha value is 1.74. The van der Waals surface area contributed by atoms with E-state index < -0.39 is 15.6 Å². The fourth-order valence-electron chi connectivity index (χ4n) is 5.24. The maximum absolute atomic E-state index is 10.4. The Labute approximate surface area is 350 Å². The molecule has 1 unspecified atom stereocenters.